The molecule has 20 heavy (non-hydrogen) atoms. The van der Waals surface area contributed by atoms with Gasteiger partial charge in [0.1, 0.15) is 0 Å². The van der Waals surface area contributed by atoms with Crippen molar-refractivity contribution in [2.24, 2.45) is 0 Å². The second-order valence-corrected chi connectivity index (χ2v) is 4.57. The smallest absolute Gasteiger partial charge is 0.251 e. The summed E-state index contributed by atoms with van der Waals surface area (Å²) in [6.07, 6.45) is -2.33. The van der Waals surface area contributed by atoms with Crippen LogP contribution in [-0.4, -0.2) is 52.7 Å². The summed E-state index contributed by atoms with van der Waals surface area (Å²) < 4.78 is 35.2. The molecular weight excluding hydrogens is 266 g/mol. The van der Waals surface area contributed by atoms with E-state index >= 15 is 0 Å². The SMILES string of the molecule is CNC(CN(C)CC(F)F)c1ccc(OC)c(OC)c1. The van der Waals surface area contributed by atoms with E-state index in [1.807, 2.05) is 18.2 Å². The molecule has 0 saturated carbocycles. The molecule has 114 valence electrons. The van der Waals surface area contributed by atoms with Gasteiger partial charge in [-0.15, -0.1) is 0 Å². The number of hydrogen-bond donors (Lipinski definition) is 1. The van der Waals surface area contributed by atoms with Crippen LogP contribution in [0.15, 0.2) is 18.2 Å². The first-order valence-electron chi connectivity index (χ1n) is 6.37. The van der Waals surface area contributed by atoms with Gasteiger partial charge in [-0.05, 0) is 31.8 Å². The molecule has 1 N–H and O–H groups in total. The Hall–Kier alpha value is -1.40. The van der Waals surface area contributed by atoms with E-state index in [0.29, 0.717) is 18.0 Å². The fourth-order valence-electron chi connectivity index (χ4n) is 2.05. The Morgan fingerprint density at radius 2 is 1.80 bits per heavy atom. The summed E-state index contributed by atoms with van der Waals surface area (Å²) in [5, 5.41) is 3.13. The molecule has 0 saturated heterocycles. The molecule has 0 aliphatic carbocycles. The van der Waals surface area contributed by atoms with Gasteiger partial charge in [-0.1, -0.05) is 6.07 Å². The second kappa shape index (κ2) is 8.01. The Kier molecular flexibility index (Phi) is 6.67. The summed E-state index contributed by atoms with van der Waals surface area (Å²) in [6, 6.07) is 5.51. The molecule has 0 radical (unpaired) electrons. The molecule has 1 unspecified atom stereocenters. The molecule has 0 amide bonds. The summed E-state index contributed by atoms with van der Waals surface area (Å²) >= 11 is 0. The van der Waals surface area contributed by atoms with Gasteiger partial charge in [0.15, 0.2) is 11.5 Å². The summed E-state index contributed by atoms with van der Waals surface area (Å²) in [4.78, 5) is 1.60. The molecule has 1 aromatic carbocycles. The number of benzene rings is 1. The first-order chi connectivity index (χ1) is 9.51. The Labute approximate surface area is 118 Å². The summed E-state index contributed by atoms with van der Waals surface area (Å²) in [5.74, 6) is 1.27. The number of hydrogen-bond acceptors (Lipinski definition) is 4. The van der Waals surface area contributed by atoms with Gasteiger partial charge in [-0.2, -0.15) is 0 Å². The molecule has 4 nitrogen and oxygen atoms in total. The Balaban J connectivity index is 2.84. The predicted octanol–water partition coefficient (Wildman–Crippen LogP) is 2.16. The van der Waals surface area contributed by atoms with Crippen molar-refractivity contribution >= 4 is 0 Å². The van der Waals surface area contributed by atoms with Crippen LogP contribution in [0.5, 0.6) is 11.5 Å². The molecule has 0 aliphatic rings. The lowest BCUT2D eigenvalue weighted by atomic mass is 10.1. The minimum atomic E-state index is -2.33. The van der Waals surface area contributed by atoms with E-state index in [9.17, 15) is 8.78 Å². The maximum absolute atomic E-state index is 12.4. The molecule has 0 heterocycles. The van der Waals surface area contributed by atoms with Gasteiger partial charge in [-0.3, -0.25) is 4.90 Å². The van der Waals surface area contributed by atoms with Crippen molar-refractivity contribution in [1.82, 2.24) is 10.2 Å². The topological polar surface area (TPSA) is 33.7 Å². The van der Waals surface area contributed by atoms with E-state index in [1.54, 1.807) is 33.2 Å². The number of ether oxygens (including phenoxy) is 2. The predicted molar refractivity (Wildman–Crippen MR) is 74.8 cm³/mol. The number of likely N-dealkylation sites (N-methyl/N-ethyl adjacent to an activating group) is 2. The maximum atomic E-state index is 12.4. The van der Waals surface area contributed by atoms with Gasteiger partial charge in [0.2, 0.25) is 0 Å². The highest BCUT2D eigenvalue weighted by atomic mass is 19.3. The zero-order chi connectivity index (χ0) is 15.1. The molecule has 1 rings (SSSR count). The van der Waals surface area contributed by atoms with Crippen molar-refractivity contribution in [3.63, 3.8) is 0 Å². The molecule has 0 spiro atoms. The summed E-state index contributed by atoms with van der Waals surface area (Å²) in [7, 11) is 6.62. The third-order valence-corrected chi connectivity index (χ3v) is 3.10. The minimum absolute atomic E-state index is 0.0569. The third kappa shape index (κ3) is 4.61. The third-order valence-electron chi connectivity index (χ3n) is 3.10. The van der Waals surface area contributed by atoms with E-state index in [4.69, 9.17) is 9.47 Å². The van der Waals surface area contributed by atoms with Gasteiger partial charge >= 0.3 is 0 Å². The fraction of sp³-hybridized carbons (Fsp3) is 0.571. The van der Waals surface area contributed by atoms with E-state index in [-0.39, 0.29) is 12.6 Å². The Bertz CT molecular complexity index is 416. The van der Waals surface area contributed by atoms with Crippen molar-refractivity contribution < 1.29 is 18.3 Å². The zero-order valence-electron chi connectivity index (χ0n) is 12.3. The van der Waals surface area contributed by atoms with Gasteiger partial charge in [0.25, 0.3) is 6.43 Å². The van der Waals surface area contributed by atoms with Gasteiger partial charge < -0.3 is 14.8 Å². The molecule has 0 aliphatic heterocycles. The van der Waals surface area contributed by atoms with Crippen molar-refractivity contribution in [3.05, 3.63) is 23.8 Å². The number of nitrogens with zero attached hydrogens (tertiary/aromatic N) is 1. The van der Waals surface area contributed by atoms with Crippen LogP contribution in [0.2, 0.25) is 0 Å². The average molecular weight is 288 g/mol. The lowest BCUT2D eigenvalue weighted by Gasteiger charge is -2.24. The first kappa shape index (κ1) is 16.7. The standard InChI is InChI=1S/C14H22F2N2O2/c1-17-11(8-18(2)9-14(15)16)10-5-6-12(19-3)13(7-10)20-4/h5-7,11,14,17H,8-9H2,1-4H3. The molecule has 0 aromatic heterocycles. The largest absolute Gasteiger partial charge is 0.493 e. The molecule has 1 aromatic rings. The quantitative estimate of drug-likeness (QED) is 0.795. The summed E-state index contributed by atoms with van der Waals surface area (Å²) in [5.41, 5.74) is 0.964. The van der Waals surface area contributed by atoms with Crippen molar-refractivity contribution in [3.8, 4) is 11.5 Å². The molecular formula is C14H22F2N2O2. The van der Waals surface area contributed by atoms with Crippen molar-refractivity contribution in [2.45, 2.75) is 12.5 Å². The number of halogens is 2. The normalized spacial score (nSPS) is 12.8. The highest BCUT2D eigenvalue weighted by Crippen LogP contribution is 2.30. The number of nitrogens with one attached hydrogen (secondary N) is 1. The highest BCUT2D eigenvalue weighted by Gasteiger charge is 2.16. The minimum Gasteiger partial charge on any atom is -0.493 e. The Morgan fingerprint density at radius 3 is 2.30 bits per heavy atom. The Morgan fingerprint density at radius 1 is 1.15 bits per heavy atom. The van der Waals surface area contributed by atoms with Crippen LogP contribution >= 0.6 is 0 Å². The number of methoxy groups -OCH3 is 2. The zero-order valence-corrected chi connectivity index (χ0v) is 12.3. The lowest BCUT2D eigenvalue weighted by molar-refractivity contribution is 0.0963. The number of rotatable bonds is 8. The highest BCUT2D eigenvalue weighted by molar-refractivity contribution is 5.43. The van der Waals surface area contributed by atoms with Crippen LogP contribution in [0.3, 0.4) is 0 Å². The van der Waals surface area contributed by atoms with Crippen LogP contribution in [0, 0.1) is 0 Å². The van der Waals surface area contributed by atoms with Gasteiger partial charge in [-0.25, -0.2) is 8.78 Å². The van der Waals surface area contributed by atoms with E-state index in [0.717, 1.165) is 5.56 Å². The molecule has 1 atom stereocenters. The lowest BCUT2D eigenvalue weighted by Crippen LogP contribution is -2.34. The average Bonchev–Trinajstić information content (AvgIpc) is 2.43. The summed E-state index contributed by atoms with van der Waals surface area (Å²) in [6.45, 7) is 0.238. The van der Waals surface area contributed by atoms with E-state index in [1.165, 1.54) is 0 Å². The van der Waals surface area contributed by atoms with Crippen molar-refractivity contribution in [1.29, 1.82) is 0 Å². The second-order valence-electron chi connectivity index (χ2n) is 4.57. The van der Waals surface area contributed by atoms with Crippen LogP contribution in [0.25, 0.3) is 0 Å². The van der Waals surface area contributed by atoms with Gasteiger partial charge in [0, 0.05) is 12.6 Å². The molecule has 6 heteroatoms. The first-order valence-corrected chi connectivity index (χ1v) is 6.37. The molecule has 0 fully saturated rings. The fourth-order valence-corrected chi connectivity index (χ4v) is 2.05. The van der Waals surface area contributed by atoms with E-state index < -0.39 is 6.43 Å². The van der Waals surface area contributed by atoms with Crippen LogP contribution in [-0.2, 0) is 0 Å². The van der Waals surface area contributed by atoms with Crippen LogP contribution in [0.4, 0.5) is 8.78 Å². The molecule has 0 bridgehead atoms. The van der Waals surface area contributed by atoms with Crippen LogP contribution < -0.4 is 14.8 Å². The van der Waals surface area contributed by atoms with Crippen LogP contribution in [0.1, 0.15) is 11.6 Å². The van der Waals surface area contributed by atoms with E-state index in [2.05, 4.69) is 5.32 Å². The number of alkyl halides is 2. The monoisotopic (exact) mass is 288 g/mol. The maximum Gasteiger partial charge on any atom is 0.251 e. The van der Waals surface area contributed by atoms with Crippen molar-refractivity contribution in [2.75, 3.05) is 41.4 Å². The van der Waals surface area contributed by atoms with Gasteiger partial charge in [0.05, 0.1) is 20.8 Å².